The minimum absolute atomic E-state index is 0.184. The topological polar surface area (TPSA) is 46.5 Å². The van der Waals surface area contributed by atoms with Crippen molar-refractivity contribution < 1.29 is 14.6 Å². The van der Waals surface area contributed by atoms with Crippen LogP contribution < -0.4 is 4.74 Å². The lowest BCUT2D eigenvalue weighted by Gasteiger charge is -2.17. The largest absolute Gasteiger partial charge is 0.497 e. The highest BCUT2D eigenvalue weighted by atomic mass is 16.5. The summed E-state index contributed by atoms with van der Waals surface area (Å²) in [5.41, 5.74) is 0.793. The fourth-order valence-corrected chi connectivity index (χ4v) is 2.21. The lowest BCUT2D eigenvalue weighted by atomic mass is 9.94. The summed E-state index contributed by atoms with van der Waals surface area (Å²) in [6.07, 6.45) is 1.64. The van der Waals surface area contributed by atoms with E-state index in [9.17, 15) is 9.90 Å². The number of aliphatic hydroxyl groups excluding tert-OH is 1. The van der Waals surface area contributed by atoms with Crippen LogP contribution in [0.3, 0.4) is 0 Å². The van der Waals surface area contributed by atoms with Crippen LogP contribution in [0.1, 0.15) is 30.9 Å². The lowest BCUT2D eigenvalue weighted by molar-refractivity contribution is -0.123. The minimum atomic E-state index is -0.666. The highest BCUT2D eigenvalue weighted by Gasteiger charge is 2.31. The van der Waals surface area contributed by atoms with E-state index in [4.69, 9.17) is 4.74 Å². The molecule has 0 saturated heterocycles. The number of hydrogen-bond acceptors (Lipinski definition) is 3. The van der Waals surface area contributed by atoms with E-state index in [1.807, 2.05) is 12.1 Å². The Morgan fingerprint density at radius 1 is 1.38 bits per heavy atom. The van der Waals surface area contributed by atoms with Crippen LogP contribution in [0.15, 0.2) is 24.3 Å². The monoisotopic (exact) mass is 220 g/mol. The molecule has 3 nitrogen and oxygen atoms in total. The van der Waals surface area contributed by atoms with Crippen molar-refractivity contribution in [2.45, 2.75) is 25.4 Å². The zero-order valence-corrected chi connectivity index (χ0v) is 9.35. The van der Waals surface area contributed by atoms with Crippen molar-refractivity contribution in [1.82, 2.24) is 0 Å². The van der Waals surface area contributed by atoms with Crippen LogP contribution >= 0.6 is 0 Å². The minimum Gasteiger partial charge on any atom is -0.497 e. The zero-order valence-electron chi connectivity index (χ0n) is 9.35. The van der Waals surface area contributed by atoms with Crippen molar-refractivity contribution in [2.24, 2.45) is 5.92 Å². The number of carbonyl (C=O) groups is 1. The SMILES string of the molecule is COc1ccc([C@@H](O)[C@H]2CCCC2=O)cc1. The molecule has 0 radical (unpaired) electrons. The predicted molar refractivity (Wildman–Crippen MR) is 60.3 cm³/mol. The van der Waals surface area contributed by atoms with E-state index in [0.29, 0.717) is 6.42 Å². The van der Waals surface area contributed by atoms with Gasteiger partial charge < -0.3 is 9.84 Å². The molecule has 0 heterocycles. The van der Waals surface area contributed by atoms with Crippen molar-refractivity contribution >= 4 is 5.78 Å². The van der Waals surface area contributed by atoms with Crippen molar-refractivity contribution in [3.8, 4) is 5.75 Å². The Hall–Kier alpha value is -1.35. The number of ketones is 1. The van der Waals surface area contributed by atoms with Crippen molar-refractivity contribution in [3.63, 3.8) is 0 Å². The van der Waals surface area contributed by atoms with Gasteiger partial charge in [-0.25, -0.2) is 0 Å². The van der Waals surface area contributed by atoms with E-state index in [1.54, 1.807) is 19.2 Å². The average Bonchev–Trinajstić information content (AvgIpc) is 2.75. The molecule has 0 aromatic heterocycles. The molecule has 0 bridgehead atoms. The van der Waals surface area contributed by atoms with Gasteiger partial charge in [0.15, 0.2) is 0 Å². The van der Waals surface area contributed by atoms with E-state index in [2.05, 4.69) is 0 Å². The second kappa shape index (κ2) is 4.66. The summed E-state index contributed by atoms with van der Waals surface area (Å²) in [6, 6.07) is 7.24. The van der Waals surface area contributed by atoms with Gasteiger partial charge in [0.25, 0.3) is 0 Å². The number of hydrogen-bond donors (Lipinski definition) is 1. The Labute approximate surface area is 95.0 Å². The molecule has 1 aromatic carbocycles. The Balaban J connectivity index is 2.13. The molecule has 3 heteroatoms. The smallest absolute Gasteiger partial charge is 0.138 e. The van der Waals surface area contributed by atoms with Gasteiger partial charge in [-0.1, -0.05) is 12.1 Å². The van der Waals surface area contributed by atoms with Crippen LogP contribution in [0.25, 0.3) is 0 Å². The van der Waals surface area contributed by atoms with Gasteiger partial charge in [-0.05, 0) is 30.5 Å². The molecule has 1 aromatic rings. The van der Waals surface area contributed by atoms with Gasteiger partial charge in [0.2, 0.25) is 0 Å². The molecular weight excluding hydrogens is 204 g/mol. The molecule has 1 aliphatic rings. The number of methoxy groups -OCH3 is 1. The molecule has 1 fully saturated rings. The van der Waals surface area contributed by atoms with E-state index in [0.717, 1.165) is 24.2 Å². The molecule has 16 heavy (non-hydrogen) atoms. The fourth-order valence-electron chi connectivity index (χ4n) is 2.21. The summed E-state index contributed by atoms with van der Waals surface area (Å²) < 4.78 is 5.05. The van der Waals surface area contributed by atoms with Gasteiger partial charge in [0, 0.05) is 12.3 Å². The van der Waals surface area contributed by atoms with Crippen LogP contribution in [-0.4, -0.2) is 18.0 Å². The van der Waals surface area contributed by atoms with E-state index < -0.39 is 6.10 Å². The fraction of sp³-hybridized carbons (Fsp3) is 0.462. The first kappa shape index (κ1) is 11.1. The molecule has 0 aliphatic heterocycles. The Morgan fingerprint density at radius 3 is 2.56 bits per heavy atom. The Morgan fingerprint density at radius 2 is 2.06 bits per heavy atom. The van der Waals surface area contributed by atoms with Gasteiger partial charge in [0.05, 0.1) is 13.2 Å². The predicted octanol–water partition coefficient (Wildman–Crippen LogP) is 2.10. The maximum Gasteiger partial charge on any atom is 0.138 e. The molecule has 0 spiro atoms. The first-order valence-corrected chi connectivity index (χ1v) is 5.57. The van der Waals surface area contributed by atoms with Gasteiger partial charge in [-0.3, -0.25) is 4.79 Å². The van der Waals surface area contributed by atoms with E-state index in [1.165, 1.54) is 0 Å². The third-order valence-electron chi connectivity index (χ3n) is 3.19. The third-order valence-corrected chi connectivity index (χ3v) is 3.19. The maximum atomic E-state index is 11.5. The Bertz CT molecular complexity index is 369. The van der Waals surface area contributed by atoms with Crippen LogP contribution in [-0.2, 0) is 4.79 Å². The summed E-state index contributed by atoms with van der Waals surface area (Å²) in [7, 11) is 1.60. The zero-order chi connectivity index (χ0) is 11.5. The number of ether oxygens (including phenoxy) is 1. The molecule has 2 atom stereocenters. The average molecular weight is 220 g/mol. The highest BCUT2D eigenvalue weighted by molar-refractivity contribution is 5.83. The first-order chi connectivity index (χ1) is 7.72. The molecule has 1 saturated carbocycles. The van der Waals surface area contributed by atoms with Gasteiger partial charge in [0.1, 0.15) is 11.5 Å². The molecule has 1 aliphatic carbocycles. The summed E-state index contributed by atoms with van der Waals surface area (Å²) in [6.45, 7) is 0. The van der Waals surface area contributed by atoms with Gasteiger partial charge in [-0.2, -0.15) is 0 Å². The van der Waals surface area contributed by atoms with Crippen LogP contribution in [0, 0.1) is 5.92 Å². The van der Waals surface area contributed by atoms with E-state index >= 15 is 0 Å². The molecule has 2 rings (SSSR count). The summed E-state index contributed by atoms with van der Waals surface area (Å²) >= 11 is 0. The van der Waals surface area contributed by atoms with Crippen LogP contribution in [0.5, 0.6) is 5.75 Å². The molecular formula is C13H16O3. The second-order valence-electron chi connectivity index (χ2n) is 4.18. The highest BCUT2D eigenvalue weighted by Crippen LogP contribution is 2.33. The normalized spacial score (nSPS) is 22.1. The molecule has 86 valence electrons. The van der Waals surface area contributed by atoms with Crippen molar-refractivity contribution in [2.75, 3.05) is 7.11 Å². The number of rotatable bonds is 3. The molecule has 0 unspecified atom stereocenters. The number of aliphatic hydroxyl groups is 1. The lowest BCUT2D eigenvalue weighted by Crippen LogP contribution is -2.16. The maximum absolute atomic E-state index is 11.5. The summed E-state index contributed by atoms with van der Waals surface area (Å²) in [4.78, 5) is 11.5. The van der Waals surface area contributed by atoms with Crippen molar-refractivity contribution in [3.05, 3.63) is 29.8 Å². The summed E-state index contributed by atoms with van der Waals surface area (Å²) in [5, 5.41) is 10.1. The third kappa shape index (κ3) is 2.09. The van der Waals surface area contributed by atoms with Crippen LogP contribution in [0.2, 0.25) is 0 Å². The molecule has 1 N–H and O–H groups in total. The summed E-state index contributed by atoms with van der Waals surface area (Å²) in [5.74, 6) is 0.727. The number of Topliss-reactive ketones (excluding diaryl/α,β-unsaturated/α-hetero) is 1. The first-order valence-electron chi connectivity index (χ1n) is 5.57. The number of benzene rings is 1. The Kier molecular flexibility index (Phi) is 3.25. The van der Waals surface area contributed by atoms with E-state index in [-0.39, 0.29) is 11.7 Å². The quantitative estimate of drug-likeness (QED) is 0.848. The second-order valence-corrected chi connectivity index (χ2v) is 4.18. The number of carbonyl (C=O) groups excluding carboxylic acids is 1. The molecule has 0 amide bonds. The van der Waals surface area contributed by atoms with Crippen molar-refractivity contribution in [1.29, 1.82) is 0 Å². The van der Waals surface area contributed by atoms with Crippen LogP contribution in [0.4, 0.5) is 0 Å². The van der Waals surface area contributed by atoms with Gasteiger partial charge >= 0.3 is 0 Å². The standard InChI is InChI=1S/C13H16O3/c1-16-10-7-5-9(6-8-10)13(15)11-3-2-4-12(11)14/h5-8,11,13,15H,2-4H2,1H3/t11-,13+/m0/s1. The van der Waals surface area contributed by atoms with Gasteiger partial charge in [-0.15, -0.1) is 0 Å².